The Morgan fingerprint density at radius 1 is 1.29 bits per heavy atom. The first-order valence-corrected chi connectivity index (χ1v) is 9.63. The molecule has 7 nitrogen and oxygen atoms in total. The summed E-state index contributed by atoms with van der Waals surface area (Å²) in [6.07, 6.45) is 13.4. The van der Waals surface area contributed by atoms with Crippen LogP contribution in [0, 0.1) is 19.8 Å². The van der Waals surface area contributed by atoms with E-state index >= 15 is 0 Å². The Kier molecular flexibility index (Phi) is 5.82. The first kappa shape index (κ1) is 19.7. The molecule has 28 heavy (non-hydrogen) atoms. The maximum absolute atomic E-state index is 12.5. The van der Waals surface area contributed by atoms with Gasteiger partial charge < -0.3 is 15.3 Å². The van der Waals surface area contributed by atoms with Crippen molar-refractivity contribution in [2.75, 3.05) is 10.7 Å². The molecule has 7 heteroatoms. The van der Waals surface area contributed by atoms with Crippen LogP contribution in [0.2, 0.25) is 0 Å². The van der Waals surface area contributed by atoms with Gasteiger partial charge >= 0.3 is 0 Å². The van der Waals surface area contributed by atoms with E-state index in [0.717, 1.165) is 12.2 Å². The molecule has 0 spiro atoms. The molecule has 2 aliphatic rings. The topological polar surface area (TPSA) is 85.0 Å². The molecule has 2 aromatic rings. The second-order valence-corrected chi connectivity index (χ2v) is 6.79. The third kappa shape index (κ3) is 3.93. The Bertz CT molecular complexity index is 929. The van der Waals surface area contributed by atoms with E-state index in [1.165, 1.54) is 5.57 Å². The fraction of sp³-hybridized carbons (Fsp3) is 0.381. The highest BCUT2D eigenvalue weighted by Gasteiger charge is 2.24. The van der Waals surface area contributed by atoms with Gasteiger partial charge in [-0.05, 0) is 33.3 Å². The Morgan fingerprint density at radius 3 is 2.75 bits per heavy atom. The number of rotatable bonds is 3. The molecule has 0 saturated heterocycles. The van der Waals surface area contributed by atoms with E-state index in [0.29, 0.717) is 28.8 Å². The molecule has 0 aromatic carbocycles. The van der Waals surface area contributed by atoms with Gasteiger partial charge in [0.15, 0.2) is 11.6 Å². The summed E-state index contributed by atoms with van der Waals surface area (Å²) in [5.41, 5.74) is 5.83. The zero-order valence-electron chi connectivity index (χ0n) is 17.0. The predicted octanol–water partition coefficient (Wildman–Crippen LogP) is 4.23. The summed E-state index contributed by atoms with van der Waals surface area (Å²) in [7, 11) is 0. The lowest BCUT2D eigenvalue weighted by atomic mass is 9.88. The monoisotopic (exact) mass is 381 g/mol. The summed E-state index contributed by atoms with van der Waals surface area (Å²) in [4.78, 5) is 16.9. The highest BCUT2D eigenvalue weighted by Crippen LogP contribution is 2.26. The number of aromatic nitrogens is 3. The molecule has 1 aliphatic carbocycles. The number of carbonyl (C=O) groups is 1. The zero-order valence-corrected chi connectivity index (χ0v) is 17.0. The molecule has 0 radical (unpaired) electrons. The van der Waals surface area contributed by atoms with Crippen LogP contribution in [0.4, 0.5) is 5.82 Å². The number of nitrogens with one attached hydrogen (secondary N) is 2. The van der Waals surface area contributed by atoms with E-state index in [2.05, 4.69) is 52.1 Å². The first-order chi connectivity index (χ1) is 13.5. The summed E-state index contributed by atoms with van der Waals surface area (Å²) in [6.45, 7) is 9.61. The van der Waals surface area contributed by atoms with Crippen molar-refractivity contribution in [2.45, 2.75) is 47.1 Å². The van der Waals surface area contributed by atoms with Crippen LogP contribution in [0.3, 0.4) is 0 Å². The van der Waals surface area contributed by atoms with E-state index in [-0.39, 0.29) is 11.9 Å². The van der Waals surface area contributed by atoms with Crippen molar-refractivity contribution in [1.82, 2.24) is 14.8 Å². The standard InChI is InChI=1S/C19H21N5O2.C2H6/c1-11-5-4-6-14(9-11)15-7-8-17-20-16(10-24(17)22-15)21-19(25)18-12(2)23-26-13(18)3;1-2/h4-8,10,14-15,22H,9H2,1-3H3,(H,21,25);1-2H3. The van der Waals surface area contributed by atoms with E-state index in [9.17, 15) is 4.79 Å². The van der Waals surface area contributed by atoms with Gasteiger partial charge in [-0.25, -0.2) is 9.66 Å². The second-order valence-electron chi connectivity index (χ2n) is 6.79. The minimum absolute atomic E-state index is 0.183. The predicted molar refractivity (Wildman–Crippen MR) is 111 cm³/mol. The van der Waals surface area contributed by atoms with Gasteiger partial charge in [-0.3, -0.25) is 4.79 Å². The van der Waals surface area contributed by atoms with Crippen molar-refractivity contribution >= 4 is 17.8 Å². The number of allylic oxidation sites excluding steroid dienone is 3. The SMILES string of the molecule is CC.CC1=CC=CC(C2C=Cc3nc(NC(=O)c4c(C)noc4C)cn3N2)C1. The van der Waals surface area contributed by atoms with Crippen LogP contribution in [0.1, 0.15) is 54.8 Å². The van der Waals surface area contributed by atoms with Gasteiger partial charge in [0, 0.05) is 5.92 Å². The fourth-order valence-corrected chi connectivity index (χ4v) is 3.41. The van der Waals surface area contributed by atoms with Crippen LogP contribution in [-0.4, -0.2) is 26.8 Å². The minimum atomic E-state index is -0.270. The number of amides is 1. The molecule has 2 atom stereocenters. The summed E-state index contributed by atoms with van der Waals surface area (Å²) in [5, 5.41) is 6.63. The van der Waals surface area contributed by atoms with Crippen molar-refractivity contribution in [3.8, 4) is 0 Å². The van der Waals surface area contributed by atoms with Crippen LogP contribution < -0.4 is 10.7 Å². The molecule has 2 N–H and O–H groups in total. The van der Waals surface area contributed by atoms with Crippen LogP contribution in [-0.2, 0) is 0 Å². The van der Waals surface area contributed by atoms with Crippen LogP contribution in [0.25, 0.3) is 6.08 Å². The lowest BCUT2D eigenvalue weighted by molar-refractivity contribution is 0.102. The molecule has 2 aromatic heterocycles. The largest absolute Gasteiger partial charge is 0.361 e. The molecule has 148 valence electrons. The van der Waals surface area contributed by atoms with Gasteiger partial charge in [-0.1, -0.05) is 48.9 Å². The molecule has 4 rings (SSSR count). The van der Waals surface area contributed by atoms with Crippen molar-refractivity contribution in [1.29, 1.82) is 0 Å². The van der Waals surface area contributed by atoms with Crippen LogP contribution in [0.5, 0.6) is 0 Å². The zero-order chi connectivity index (χ0) is 20.3. The summed E-state index contributed by atoms with van der Waals surface area (Å²) in [5.74, 6) is 1.86. The molecule has 2 unspecified atom stereocenters. The smallest absolute Gasteiger partial charge is 0.262 e. The fourth-order valence-electron chi connectivity index (χ4n) is 3.41. The molecule has 3 heterocycles. The lowest BCUT2D eigenvalue weighted by Crippen LogP contribution is -2.35. The first-order valence-electron chi connectivity index (χ1n) is 9.63. The number of fused-ring (bicyclic) bond motifs is 1. The molecular formula is C21H27N5O2. The van der Waals surface area contributed by atoms with Gasteiger partial charge in [-0.2, -0.15) is 0 Å². The third-order valence-corrected chi connectivity index (χ3v) is 4.73. The highest BCUT2D eigenvalue weighted by atomic mass is 16.5. The van der Waals surface area contributed by atoms with Crippen molar-refractivity contribution in [3.63, 3.8) is 0 Å². The number of hydrogen-bond acceptors (Lipinski definition) is 5. The maximum atomic E-state index is 12.5. The van der Waals surface area contributed by atoms with E-state index in [4.69, 9.17) is 4.52 Å². The number of hydrogen-bond donors (Lipinski definition) is 2. The Morgan fingerprint density at radius 2 is 2.07 bits per heavy atom. The molecular weight excluding hydrogens is 354 g/mol. The molecule has 0 fully saturated rings. The molecule has 0 bridgehead atoms. The number of anilines is 1. The summed E-state index contributed by atoms with van der Waals surface area (Å²) < 4.78 is 6.91. The number of imidazole rings is 1. The quantitative estimate of drug-likeness (QED) is 0.831. The average Bonchev–Trinajstić information content (AvgIpc) is 3.24. The summed E-state index contributed by atoms with van der Waals surface area (Å²) in [6, 6.07) is 0.183. The molecule has 0 saturated carbocycles. The average molecular weight is 381 g/mol. The van der Waals surface area contributed by atoms with E-state index < -0.39 is 0 Å². The minimum Gasteiger partial charge on any atom is -0.361 e. The van der Waals surface area contributed by atoms with Gasteiger partial charge in [0.25, 0.3) is 5.91 Å². The molecule has 1 aliphatic heterocycles. The van der Waals surface area contributed by atoms with Crippen LogP contribution >= 0.6 is 0 Å². The van der Waals surface area contributed by atoms with Gasteiger partial charge in [0.2, 0.25) is 0 Å². The number of carbonyl (C=O) groups excluding carboxylic acids is 1. The lowest BCUT2D eigenvalue weighted by Gasteiger charge is -2.29. The van der Waals surface area contributed by atoms with E-state index in [1.54, 1.807) is 20.0 Å². The second kappa shape index (κ2) is 8.29. The number of aryl methyl sites for hydroxylation is 2. The van der Waals surface area contributed by atoms with Crippen molar-refractivity contribution in [2.24, 2.45) is 5.92 Å². The molecule has 1 amide bonds. The normalized spacial score (nSPS) is 19.8. The third-order valence-electron chi connectivity index (χ3n) is 4.73. The Labute approximate surface area is 165 Å². The van der Waals surface area contributed by atoms with Gasteiger partial charge in [0.05, 0.1) is 17.9 Å². The highest BCUT2D eigenvalue weighted by molar-refractivity contribution is 6.05. The maximum Gasteiger partial charge on any atom is 0.262 e. The van der Waals surface area contributed by atoms with Crippen LogP contribution in [0.15, 0.2) is 40.6 Å². The summed E-state index contributed by atoms with van der Waals surface area (Å²) >= 11 is 0. The number of nitrogens with zero attached hydrogens (tertiary/aromatic N) is 3. The Balaban J connectivity index is 0.00000109. The Hall–Kier alpha value is -3.09. The van der Waals surface area contributed by atoms with Crippen molar-refractivity contribution < 1.29 is 9.32 Å². The van der Waals surface area contributed by atoms with Gasteiger partial charge in [-0.15, -0.1) is 0 Å². The van der Waals surface area contributed by atoms with E-state index in [1.807, 2.05) is 24.6 Å². The van der Waals surface area contributed by atoms with Crippen molar-refractivity contribution in [3.05, 3.63) is 58.9 Å². The van der Waals surface area contributed by atoms with Gasteiger partial charge in [0.1, 0.15) is 11.3 Å².